The summed E-state index contributed by atoms with van der Waals surface area (Å²) in [4.78, 5) is 12.9. The molecule has 134 valence electrons. The van der Waals surface area contributed by atoms with Crippen LogP contribution in [0.15, 0.2) is 54.4 Å². The van der Waals surface area contributed by atoms with Crippen LogP contribution in [0.2, 0.25) is 15.1 Å². The summed E-state index contributed by atoms with van der Waals surface area (Å²) in [5, 5.41) is 0.814. The first-order valence-corrected chi connectivity index (χ1v) is 8.86. The molecular weight excluding hydrogens is 395 g/mol. The molecule has 0 aliphatic carbocycles. The van der Waals surface area contributed by atoms with Crippen molar-refractivity contribution >= 4 is 40.6 Å². The first-order valence-electron chi connectivity index (χ1n) is 7.73. The second kappa shape index (κ2) is 8.04. The molecule has 0 saturated heterocycles. The zero-order valence-electron chi connectivity index (χ0n) is 13.8. The summed E-state index contributed by atoms with van der Waals surface area (Å²) in [6.07, 6.45) is 6.17. The van der Waals surface area contributed by atoms with Gasteiger partial charge in [-0.2, -0.15) is 0 Å². The van der Waals surface area contributed by atoms with Gasteiger partial charge in [0.15, 0.2) is 5.78 Å². The van der Waals surface area contributed by atoms with Crippen molar-refractivity contribution in [2.24, 2.45) is 0 Å². The van der Waals surface area contributed by atoms with Crippen LogP contribution < -0.4 is 15.6 Å². The van der Waals surface area contributed by atoms with Gasteiger partial charge in [-0.25, -0.2) is 0 Å². The maximum Gasteiger partial charge on any atom is 0.196 e. The molecule has 0 atom stereocenters. The predicted octanol–water partition coefficient (Wildman–Crippen LogP) is 4.93. The number of methoxy groups -OCH3 is 1. The minimum atomic E-state index is -0.274. The number of carbonyl (C=O) groups is 1. The number of hydrogen-bond acceptors (Lipinski definition) is 4. The van der Waals surface area contributed by atoms with E-state index in [-0.39, 0.29) is 21.4 Å². The number of rotatable bonds is 5. The van der Waals surface area contributed by atoms with Crippen molar-refractivity contribution < 1.29 is 9.53 Å². The van der Waals surface area contributed by atoms with Crippen LogP contribution in [0.3, 0.4) is 0 Å². The maximum atomic E-state index is 12.9. The number of hydrazine groups is 1. The van der Waals surface area contributed by atoms with Gasteiger partial charge in [0.25, 0.3) is 0 Å². The number of carbonyl (C=O) groups excluding carboxylic acids is 1. The first-order chi connectivity index (χ1) is 12.5. The molecular formula is C19H15Cl3N2O2. The Hall–Kier alpha value is -2.14. The zero-order chi connectivity index (χ0) is 18.7. The van der Waals surface area contributed by atoms with E-state index in [4.69, 9.17) is 39.5 Å². The van der Waals surface area contributed by atoms with E-state index in [1.165, 1.54) is 12.1 Å². The average Bonchev–Trinajstić information content (AvgIpc) is 2.61. The fourth-order valence-electron chi connectivity index (χ4n) is 2.66. The van der Waals surface area contributed by atoms with Crippen molar-refractivity contribution in [1.29, 1.82) is 0 Å². The van der Waals surface area contributed by atoms with Gasteiger partial charge in [-0.05, 0) is 42.5 Å². The fraction of sp³-hybridized carbons (Fsp3) is 0.105. The number of halogens is 3. The summed E-state index contributed by atoms with van der Waals surface area (Å²) in [5.74, 6) is 0.413. The molecule has 2 N–H and O–H groups in total. The highest BCUT2D eigenvalue weighted by Crippen LogP contribution is 2.32. The Morgan fingerprint density at radius 2 is 1.85 bits per heavy atom. The molecule has 0 radical (unpaired) electrons. The van der Waals surface area contributed by atoms with Gasteiger partial charge >= 0.3 is 0 Å². The molecule has 0 fully saturated rings. The summed E-state index contributed by atoms with van der Waals surface area (Å²) in [7, 11) is 1.59. The van der Waals surface area contributed by atoms with Gasteiger partial charge in [-0.15, -0.1) is 0 Å². The van der Waals surface area contributed by atoms with E-state index in [0.717, 1.165) is 11.3 Å². The number of ether oxygens (including phenoxy) is 1. The van der Waals surface area contributed by atoms with Crippen LogP contribution in [0.1, 0.15) is 21.5 Å². The lowest BCUT2D eigenvalue weighted by Crippen LogP contribution is -2.29. The molecule has 1 aliphatic rings. The smallest absolute Gasteiger partial charge is 0.196 e. The number of benzene rings is 2. The molecule has 0 aromatic heterocycles. The second-order valence-electron chi connectivity index (χ2n) is 5.60. The van der Waals surface area contributed by atoms with Crippen molar-refractivity contribution in [2.45, 2.75) is 6.42 Å². The molecule has 0 unspecified atom stereocenters. The molecule has 0 saturated carbocycles. The van der Waals surface area contributed by atoms with Gasteiger partial charge < -0.3 is 15.6 Å². The van der Waals surface area contributed by atoms with E-state index < -0.39 is 0 Å². The molecule has 7 heteroatoms. The SMILES string of the molecule is COc1ccc(C(=O)c2c(Cl)cc(Cl)cc2Cl)cc1CC1=CC=CNN1. The van der Waals surface area contributed by atoms with Crippen LogP contribution in [0, 0.1) is 0 Å². The average molecular weight is 410 g/mol. The largest absolute Gasteiger partial charge is 0.496 e. The Labute approximate surface area is 166 Å². The quantitative estimate of drug-likeness (QED) is 0.687. The van der Waals surface area contributed by atoms with Crippen LogP contribution in [0.4, 0.5) is 0 Å². The summed E-state index contributed by atoms with van der Waals surface area (Å²) in [6.45, 7) is 0. The number of allylic oxidation sites excluding steroid dienone is 3. The molecule has 26 heavy (non-hydrogen) atoms. The molecule has 2 aromatic rings. The standard InChI is InChI=1S/C19H15Cl3N2O2/c1-26-17-5-4-11(7-12(17)8-14-3-2-6-23-24-14)19(25)18-15(21)9-13(20)10-16(18)22/h2-7,9-10,23-24H,8H2,1H3. The maximum absolute atomic E-state index is 12.9. The van der Waals surface area contributed by atoms with Crippen molar-refractivity contribution in [3.8, 4) is 5.75 Å². The third kappa shape index (κ3) is 3.98. The van der Waals surface area contributed by atoms with Crippen LogP contribution in [-0.2, 0) is 6.42 Å². The highest BCUT2D eigenvalue weighted by Gasteiger charge is 2.19. The summed E-state index contributed by atoms with van der Waals surface area (Å²) >= 11 is 18.3. The van der Waals surface area contributed by atoms with Crippen molar-refractivity contribution in [1.82, 2.24) is 10.9 Å². The Morgan fingerprint density at radius 1 is 1.12 bits per heavy atom. The van der Waals surface area contributed by atoms with Crippen LogP contribution >= 0.6 is 34.8 Å². The molecule has 2 aromatic carbocycles. The van der Waals surface area contributed by atoms with Crippen molar-refractivity contribution in [3.63, 3.8) is 0 Å². The molecule has 1 heterocycles. The highest BCUT2D eigenvalue weighted by atomic mass is 35.5. The summed E-state index contributed by atoms with van der Waals surface area (Å²) in [6, 6.07) is 8.23. The lowest BCUT2D eigenvalue weighted by molar-refractivity contribution is 0.103. The van der Waals surface area contributed by atoms with Gasteiger partial charge in [-0.1, -0.05) is 34.8 Å². The van der Waals surface area contributed by atoms with Gasteiger partial charge in [0.1, 0.15) is 5.75 Å². The number of hydrogen-bond donors (Lipinski definition) is 2. The van der Waals surface area contributed by atoms with Gasteiger partial charge in [0, 0.05) is 34.5 Å². The van der Waals surface area contributed by atoms with Crippen molar-refractivity contribution in [2.75, 3.05) is 7.11 Å². The molecule has 1 aliphatic heterocycles. The predicted molar refractivity (Wildman–Crippen MR) is 105 cm³/mol. The van der Waals surface area contributed by atoms with E-state index >= 15 is 0 Å². The second-order valence-corrected chi connectivity index (χ2v) is 6.85. The lowest BCUT2D eigenvalue weighted by atomic mass is 9.98. The molecule has 4 nitrogen and oxygen atoms in total. The Bertz CT molecular complexity index is 900. The number of ketones is 1. The summed E-state index contributed by atoms with van der Waals surface area (Å²) < 4.78 is 5.42. The lowest BCUT2D eigenvalue weighted by Gasteiger charge is -2.16. The molecule has 3 rings (SSSR count). The van der Waals surface area contributed by atoms with E-state index in [9.17, 15) is 4.79 Å². The molecule has 0 amide bonds. The normalized spacial score (nSPS) is 12.8. The zero-order valence-corrected chi connectivity index (χ0v) is 16.0. The Balaban J connectivity index is 1.98. The monoisotopic (exact) mass is 408 g/mol. The fourth-order valence-corrected chi connectivity index (χ4v) is 3.65. The van der Waals surface area contributed by atoms with Gasteiger partial charge in [0.05, 0.1) is 22.7 Å². The van der Waals surface area contributed by atoms with E-state index in [2.05, 4.69) is 10.9 Å². The molecule has 0 spiro atoms. The minimum Gasteiger partial charge on any atom is -0.496 e. The third-order valence-corrected chi connectivity index (χ3v) is 4.68. The van der Waals surface area contributed by atoms with Gasteiger partial charge in [0.2, 0.25) is 0 Å². The van der Waals surface area contributed by atoms with E-state index in [1.54, 1.807) is 31.5 Å². The van der Waals surface area contributed by atoms with Crippen molar-refractivity contribution in [3.05, 3.63) is 86.1 Å². The number of nitrogens with one attached hydrogen (secondary N) is 2. The topological polar surface area (TPSA) is 50.4 Å². The van der Waals surface area contributed by atoms with Crippen LogP contribution in [0.25, 0.3) is 0 Å². The van der Waals surface area contributed by atoms with E-state index in [1.807, 2.05) is 12.2 Å². The Kier molecular flexibility index (Phi) is 5.77. The summed E-state index contributed by atoms with van der Waals surface area (Å²) in [5.41, 5.74) is 8.47. The van der Waals surface area contributed by atoms with Crippen LogP contribution in [0.5, 0.6) is 5.75 Å². The highest BCUT2D eigenvalue weighted by molar-refractivity contribution is 6.43. The van der Waals surface area contributed by atoms with E-state index in [0.29, 0.717) is 22.8 Å². The van der Waals surface area contributed by atoms with Crippen LogP contribution in [-0.4, -0.2) is 12.9 Å². The first kappa shape index (κ1) is 18.6. The van der Waals surface area contributed by atoms with Gasteiger partial charge in [-0.3, -0.25) is 4.79 Å². The Morgan fingerprint density at radius 3 is 2.46 bits per heavy atom. The minimum absolute atomic E-state index is 0.218. The third-order valence-electron chi connectivity index (χ3n) is 3.87. The molecule has 0 bridgehead atoms.